The summed E-state index contributed by atoms with van der Waals surface area (Å²) in [6.45, 7) is 5.26. The van der Waals surface area contributed by atoms with E-state index in [9.17, 15) is 18.0 Å². The van der Waals surface area contributed by atoms with Gasteiger partial charge < -0.3 is 10.2 Å². The summed E-state index contributed by atoms with van der Waals surface area (Å²) in [5.74, 6) is -0.363. The van der Waals surface area contributed by atoms with Crippen LogP contribution in [0.15, 0.2) is 16.3 Å². The fourth-order valence-corrected chi connectivity index (χ4v) is 6.99. The highest BCUT2D eigenvalue weighted by molar-refractivity contribution is 7.91. The van der Waals surface area contributed by atoms with Gasteiger partial charge >= 0.3 is 0 Å². The van der Waals surface area contributed by atoms with E-state index in [1.54, 1.807) is 12.1 Å². The standard InChI is InChI=1S/C19H29N3O4S2/c1-3-21(4-2)28(25,26)18-10-9-16(27-18)12-20-19(24)14-11-17(23)22(13-14)15-7-5-6-8-15/h9-10,14-15H,3-8,11-13H2,1-2H3,(H,20,24)/t14-/m1/s1. The Kier molecular flexibility index (Phi) is 6.77. The summed E-state index contributed by atoms with van der Waals surface area (Å²) >= 11 is 1.18. The molecule has 1 aliphatic heterocycles. The lowest BCUT2D eigenvalue weighted by Gasteiger charge is -2.23. The van der Waals surface area contributed by atoms with Crippen LogP contribution < -0.4 is 5.32 Å². The fourth-order valence-electron chi connectivity index (χ4n) is 4.08. The van der Waals surface area contributed by atoms with Crippen LogP contribution in [0.2, 0.25) is 0 Å². The van der Waals surface area contributed by atoms with Gasteiger partial charge in [-0.15, -0.1) is 11.3 Å². The van der Waals surface area contributed by atoms with E-state index < -0.39 is 10.0 Å². The van der Waals surface area contributed by atoms with Crippen molar-refractivity contribution in [3.8, 4) is 0 Å². The third kappa shape index (κ3) is 4.41. The highest BCUT2D eigenvalue weighted by atomic mass is 32.2. The maximum Gasteiger partial charge on any atom is 0.252 e. The van der Waals surface area contributed by atoms with Crippen LogP contribution in [0.4, 0.5) is 0 Å². The minimum absolute atomic E-state index is 0.0794. The lowest BCUT2D eigenvalue weighted by molar-refractivity contribution is -0.130. The Morgan fingerprint density at radius 1 is 1.25 bits per heavy atom. The third-order valence-electron chi connectivity index (χ3n) is 5.67. The van der Waals surface area contributed by atoms with Crippen molar-refractivity contribution in [1.82, 2.24) is 14.5 Å². The second kappa shape index (κ2) is 8.92. The molecule has 2 aliphatic rings. The molecule has 1 saturated carbocycles. The van der Waals surface area contributed by atoms with Crippen molar-refractivity contribution in [3.05, 3.63) is 17.0 Å². The molecule has 0 spiro atoms. The molecule has 0 aromatic carbocycles. The van der Waals surface area contributed by atoms with E-state index in [1.807, 2.05) is 18.7 Å². The Morgan fingerprint density at radius 2 is 1.93 bits per heavy atom. The summed E-state index contributed by atoms with van der Waals surface area (Å²) in [5, 5.41) is 2.88. The first-order valence-electron chi connectivity index (χ1n) is 10.0. The van der Waals surface area contributed by atoms with Crippen molar-refractivity contribution in [2.45, 2.75) is 62.7 Å². The zero-order valence-electron chi connectivity index (χ0n) is 16.5. The molecule has 2 amide bonds. The lowest BCUT2D eigenvalue weighted by Crippen LogP contribution is -2.36. The predicted molar refractivity (Wildman–Crippen MR) is 108 cm³/mol. The van der Waals surface area contributed by atoms with Crippen LogP contribution in [0.5, 0.6) is 0 Å². The first-order valence-corrected chi connectivity index (χ1v) is 12.3. The van der Waals surface area contributed by atoms with Crippen LogP contribution in [0, 0.1) is 5.92 Å². The quantitative estimate of drug-likeness (QED) is 0.689. The summed E-state index contributed by atoms with van der Waals surface area (Å²) in [7, 11) is -3.47. The van der Waals surface area contributed by atoms with E-state index in [1.165, 1.54) is 15.6 Å². The zero-order chi connectivity index (χ0) is 20.3. The number of thiophene rings is 1. The summed E-state index contributed by atoms with van der Waals surface area (Å²) in [6, 6.07) is 3.64. The van der Waals surface area contributed by atoms with Crippen molar-refractivity contribution in [2.75, 3.05) is 19.6 Å². The molecule has 2 fully saturated rings. The predicted octanol–water partition coefficient (Wildman–Crippen LogP) is 2.19. The molecule has 0 bridgehead atoms. The molecule has 9 heteroatoms. The number of nitrogens with zero attached hydrogens (tertiary/aromatic N) is 2. The Bertz CT molecular complexity index is 811. The molecule has 1 atom stereocenters. The Morgan fingerprint density at radius 3 is 2.57 bits per heavy atom. The van der Waals surface area contributed by atoms with Gasteiger partial charge in [-0.2, -0.15) is 4.31 Å². The minimum Gasteiger partial charge on any atom is -0.351 e. The number of sulfonamides is 1. The number of hydrogen-bond acceptors (Lipinski definition) is 5. The van der Waals surface area contributed by atoms with Crippen LogP contribution in [0.3, 0.4) is 0 Å². The molecule has 28 heavy (non-hydrogen) atoms. The molecule has 0 unspecified atom stereocenters. The molecule has 1 N–H and O–H groups in total. The number of rotatable bonds is 8. The second-order valence-corrected chi connectivity index (χ2v) is 10.7. The van der Waals surface area contributed by atoms with Crippen LogP contribution in [-0.4, -0.2) is 55.1 Å². The van der Waals surface area contributed by atoms with Crippen LogP contribution in [0.1, 0.15) is 50.8 Å². The van der Waals surface area contributed by atoms with E-state index in [0.29, 0.717) is 29.9 Å². The third-order valence-corrected chi connectivity index (χ3v) is 9.27. The normalized spacial score (nSPS) is 21.0. The Hall–Kier alpha value is -1.45. The fraction of sp³-hybridized carbons (Fsp3) is 0.684. The van der Waals surface area contributed by atoms with Gasteiger partial charge in [0.05, 0.1) is 12.5 Å². The van der Waals surface area contributed by atoms with Crippen molar-refractivity contribution in [1.29, 1.82) is 0 Å². The second-order valence-electron chi connectivity index (χ2n) is 7.41. The van der Waals surface area contributed by atoms with Gasteiger partial charge in [0, 0.05) is 37.0 Å². The number of nitrogens with one attached hydrogen (secondary N) is 1. The first kappa shape index (κ1) is 21.3. The molecule has 156 valence electrons. The Labute approximate surface area is 171 Å². The molecular weight excluding hydrogens is 398 g/mol. The average Bonchev–Trinajstić information content (AvgIpc) is 3.41. The molecule has 2 heterocycles. The Balaban J connectivity index is 1.56. The smallest absolute Gasteiger partial charge is 0.252 e. The first-order chi connectivity index (χ1) is 13.4. The van der Waals surface area contributed by atoms with Gasteiger partial charge in [-0.1, -0.05) is 26.7 Å². The SMILES string of the molecule is CCN(CC)S(=O)(=O)c1ccc(CNC(=O)[C@@H]2CC(=O)N(C3CCCC3)C2)s1. The summed E-state index contributed by atoms with van der Waals surface area (Å²) in [5.41, 5.74) is 0. The molecule has 1 aromatic rings. The average molecular weight is 428 g/mol. The molecule has 3 rings (SSSR count). The summed E-state index contributed by atoms with van der Waals surface area (Å²) in [4.78, 5) is 27.5. The zero-order valence-corrected chi connectivity index (χ0v) is 18.2. The van der Waals surface area contributed by atoms with E-state index in [-0.39, 0.29) is 30.7 Å². The van der Waals surface area contributed by atoms with Gasteiger partial charge in [-0.25, -0.2) is 8.42 Å². The van der Waals surface area contributed by atoms with Crippen molar-refractivity contribution in [3.63, 3.8) is 0 Å². The molecule has 1 aromatic heterocycles. The summed E-state index contributed by atoms with van der Waals surface area (Å²) in [6.07, 6.45) is 4.66. The maximum absolute atomic E-state index is 12.6. The highest BCUT2D eigenvalue weighted by Crippen LogP contribution is 2.30. The van der Waals surface area contributed by atoms with Gasteiger partial charge in [0.1, 0.15) is 4.21 Å². The number of carbonyl (C=O) groups is 2. The van der Waals surface area contributed by atoms with Crippen LogP contribution in [-0.2, 0) is 26.2 Å². The number of amides is 2. The van der Waals surface area contributed by atoms with Crippen LogP contribution >= 0.6 is 11.3 Å². The monoisotopic (exact) mass is 427 g/mol. The van der Waals surface area contributed by atoms with E-state index in [4.69, 9.17) is 0 Å². The van der Waals surface area contributed by atoms with Crippen molar-refractivity contribution >= 4 is 33.2 Å². The largest absolute Gasteiger partial charge is 0.351 e. The van der Waals surface area contributed by atoms with Crippen molar-refractivity contribution in [2.24, 2.45) is 5.92 Å². The molecule has 1 aliphatic carbocycles. The molecule has 0 radical (unpaired) electrons. The maximum atomic E-state index is 12.6. The van der Waals surface area contributed by atoms with Gasteiger partial charge in [0.2, 0.25) is 11.8 Å². The molecule has 1 saturated heterocycles. The van der Waals surface area contributed by atoms with E-state index in [0.717, 1.165) is 30.6 Å². The number of carbonyl (C=O) groups excluding carboxylic acids is 2. The van der Waals surface area contributed by atoms with E-state index >= 15 is 0 Å². The minimum atomic E-state index is -3.47. The van der Waals surface area contributed by atoms with Gasteiger partial charge in [-0.05, 0) is 25.0 Å². The highest BCUT2D eigenvalue weighted by Gasteiger charge is 2.38. The number of hydrogen-bond donors (Lipinski definition) is 1. The van der Waals surface area contributed by atoms with Gasteiger partial charge in [-0.3, -0.25) is 9.59 Å². The van der Waals surface area contributed by atoms with Gasteiger partial charge in [0.25, 0.3) is 10.0 Å². The van der Waals surface area contributed by atoms with Crippen molar-refractivity contribution < 1.29 is 18.0 Å². The van der Waals surface area contributed by atoms with E-state index in [2.05, 4.69) is 5.32 Å². The van der Waals surface area contributed by atoms with Crippen LogP contribution in [0.25, 0.3) is 0 Å². The lowest BCUT2D eigenvalue weighted by atomic mass is 10.1. The summed E-state index contributed by atoms with van der Waals surface area (Å²) < 4.78 is 26.8. The molecular formula is C19H29N3O4S2. The topological polar surface area (TPSA) is 86.8 Å². The molecule has 7 nitrogen and oxygen atoms in total. The van der Waals surface area contributed by atoms with Gasteiger partial charge in [0.15, 0.2) is 0 Å². The number of likely N-dealkylation sites (tertiary alicyclic amines) is 1.